The van der Waals surface area contributed by atoms with E-state index in [-0.39, 0.29) is 30.2 Å². The van der Waals surface area contributed by atoms with E-state index in [0.717, 1.165) is 45.2 Å². The highest BCUT2D eigenvalue weighted by atomic mass is 19.1. The van der Waals surface area contributed by atoms with Gasteiger partial charge < -0.3 is 19.5 Å². The molecule has 39 heavy (non-hydrogen) atoms. The third-order valence-corrected chi connectivity index (χ3v) is 7.26. The highest BCUT2D eigenvalue weighted by Crippen LogP contribution is 2.25. The van der Waals surface area contributed by atoms with Crippen LogP contribution >= 0.6 is 0 Å². The number of aromatic nitrogens is 4. The molecule has 0 bridgehead atoms. The van der Waals surface area contributed by atoms with Gasteiger partial charge >= 0.3 is 0 Å². The molecular weight excluding hydrogens is 501 g/mol. The van der Waals surface area contributed by atoms with Crippen LogP contribution in [0.4, 0.5) is 4.39 Å². The lowest BCUT2D eigenvalue weighted by Crippen LogP contribution is -2.50. The Morgan fingerprint density at radius 3 is 2.44 bits per heavy atom. The van der Waals surface area contributed by atoms with Crippen LogP contribution < -0.4 is 5.32 Å². The molecule has 1 atom stereocenters. The maximum absolute atomic E-state index is 13.8. The maximum atomic E-state index is 13.8. The first-order chi connectivity index (χ1) is 18.9. The van der Waals surface area contributed by atoms with Crippen LogP contribution in [-0.4, -0.2) is 74.0 Å². The van der Waals surface area contributed by atoms with E-state index in [1.807, 2.05) is 6.92 Å². The lowest BCUT2D eigenvalue weighted by atomic mass is 9.94. The van der Waals surface area contributed by atoms with E-state index in [4.69, 9.17) is 4.42 Å². The quantitative estimate of drug-likeness (QED) is 0.373. The molecule has 1 N–H and O–H groups in total. The summed E-state index contributed by atoms with van der Waals surface area (Å²) in [6, 6.07) is 8.46. The number of rotatable bonds is 12. The van der Waals surface area contributed by atoms with E-state index >= 15 is 0 Å². The molecule has 2 aromatic heterocycles. The Kier molecular flexibility index (Phi) is 9.80. The number of hydrogen-bond donors (Lipinski definition) is 1. The molecule has 1 saturated carbocycles. The van der Waals surface area contributed by atoms with Gasteiger partial charge in [0.1, 0.15) is 24.2 Å². The molecule has 4 rings (SSSR count). The standard InChI is InChI=1S/C28H38FN7O3/c1-4-34(5-2)17-18-35(25(37)19-36-32-27(31-33-36)24-16-11-20(3)39-24)26(21-12-14-22(29)15-13-21)28(38)30-23-9-7-6-8-10-23/h11-16,23,26H,4-10,17-19H2,1-3H3,(H,30,38)/t26-/m1/s1. The number of aryl methyl sites for hydroxylation is 1. The summed E-state index contributed by atoms with van der Waals surface area (Å²) >= 11 is 0. The number of nitrogens with zero attached hydrogens (tertiary/aromatic N) is 6. The molecular formula is C28H38FN7O3. The smallest absolute Gasteiger partial charge is 0.247 e. The van der Waals surface area contributed by atoms with Gasteiger partial charge in [0.25, 0.3) is 0 Å². The van der Waals surface area contributed by atoms with Crippen LogP contribution in [0.15, 0.2) is 40.8 Å². The van der Waals surface area contributed by atoms with Crippen molar-refractivity contribution in [1.29, 1.82) is 0 Å². The first kappa shape index (κ1) is 28.4. The number of benzene rings is 1. The number of hydrogen-bond acceptors (Lipinski definition) is 7. The molecule has 0 aliphatic heterocycles. The van der Waals surface area contributed by atoms with E-state index in [9.17, 15) is 14.0 Å². The Morgan fingerprint density at radius 2 is 1.79 bits per heavy atom. The number of furan rings is 1. The van der Waals surface area contributed by atoms with Crippen LogP contribution in [0.25, 0.3) is 11.6 Å². The lowest BCUT2D eigenvalue weighted by molar-refractivity contribution is -0.142. The summed E-state index contributed by atoms with van der Waals surface area (Å²) in [5, 5.41) is 15.6. The molecule has 10 nitrogen and oxygen atoms in total. The number of halogens is 1. The molecule has 2 heterocycles. The zero-order valence-electron chi connectivity index (χ0n) is 23.0. The first-order valence-electron chi connectivity index (χ1n) is 13.8. The zero-order valence-corrected chi connectivity index (χ0v) is 23.0. The van der Waals surface area contributed by atoms with Crippen LogP contribution in [0.1, 0.15) is 63.3 Å². The van der Waals surface area contributed by atoms with Crippen LogP contribution in [-0.2, 0) is 16.1 Å². The molecule has 1 fully saturated rings. The fourth-order valence-electron chi connectivity index (χ4n) is 5.01. The van der Waals surface area contributed by atoms with E-state index in [1.165, 1.54) is 16.9 Å². The van der Waals surface area contributed by atoms with E-state index in [2.05, 4.69) is 39.5 Å². The SMILES string of the molecule is CCN(CC)CCN(C(=O)Cn1nnc(-c2ccc(C)o2)n1)[C@@H](C(=O)NC1CCCCC1)c1ccc(F)cc1. The molecule has 210 valence electrons. The highest BCUT2D eigenvalue weighted by Gasteiger charge is 2.33. The van der Waals surface area contributed by atoms with Crippen LogP contribution in [0, 0.1) is 12.7 Å². The third-order valence-electron chi connectivity index (χ3n) is 7.26. The molecule has 3 aromatic rings. The molecule has 0 unspecified atom stereocenters. The minimum Gasteiger partial charge on any atom is -0.458 e. The Balaban J connectivity index is 1.62. The van der Waals surface area contributed by atoms with E-state index < -0.39 is 11.9 Å². The van der Waals surface area contributed by atoms with Crippen LogP contribution in [0.3, 0.4) is 0 Å². The van der Waals surface area contributed by atoms with Gasteiger partial charge in [0.05, 0.1) is 0 Å². The van der Waals surface area contributed by atoms with Gasteiger partial charge in [-0.2, -0.15) is 4.80 Å². The van der Waals surface area contributed by atoms with Crippen LogP contribution in [0.2, 0.25) is 0 Å². The van der Waals surface area contributed by atoms with Crippen molar-refractivity contribution in [2.24, 2.45) is 0 Å². The number of carbonyl (C=O) groups excluding carboxylic acids is 2. The number of likely N-dealkylation sites (N-methyl/N-ethyl adjacent to an activating group) is 1. The topological polar surface area (TPSA) is 109 Å². The van der Waals surface area contributed by atoms with Gasteiger partial charge in [-0.15, -0.1) is 10.2 Å². The molecule has 1 aromatic carbocycles. The first-order valence-corrected chi connectivity index (χ1v) is 13.8. The van der Waals surface area contributed by atoms with Crippen molar-refractivity contribution < 1.29 is 18.4 Å². The molecule has 0 radical (unpaired) electrons. The Labute approximate surface area is 228 Å². The van der Waals surface area contributed by atoms with Gasteiger partial charge in [0.15, 0.2) is 5.76 Å². The van der Waals surface area contributed by atoms with Gasteiger partial charge in [-0.1, -0.05) is 45.2 Å². The summed E-state index contributed by atoms with van der Waals surface area (Å²) in [7, 11) is 0. The Hall–Kier alpha value is -3.60. The summed E-state index contributed by atoms with van der Waals surface area (Å²) in [5.74, 6) is 0.441. The fourth-order valence-corrected chi connectivity index (χ4v) is 5.01. The summed E-state index contributed by atoms with van der Waals surface area (Å²) < 4.78 is 19.4. The average molecular weight is 540 g/mol. The van der Waals surface area contributed by atoms with Gasteiger partial charge in [-0.05, 0) is 67.9 Å². The van der Waals surface area contributed by atoms with Gasteiger partial charge in [0, 0.05) is 19.1 Å². The predicted octanol–water partition coefficient (Wildman–Crippen LogP) is 3.74. The van der Waals surface area contributed by atoms with Gasteiger partial charge in [-0.3, -0.25) is 9.59 Å². The number of nitrogens with one attached hydrogen (secondary N) is 1. The normalized spacial score (nSPS) is 14.9. The monoisotopic (exact) mass is 539 g/mol. The minimum atomic E-state index is -0.925. The summed E-state index contributed by atoms with van der Waals surface area (Å²) in [6.07, 6.45) is 5.10. The largest absolute Gasteiger partial charge is 0.458 e. The van der Waals surface area contributed by atoms with Crippen molar-refractivity contribution in [3.63, 3.8) is 0 Å². The third kappa shape index (κ3) is 7.50. The van der Waals surface area contributed by atoms with Crippen molar-refractivity contribution in [2.45, 2.75) is 71.5 Å². The average Bonchev–Trinajstić information content (AvgIpc) is 3.58. The van der Waals surface area contributed by atoms with Gasteiger partial charge in [-0.25, -0.2) is 4.39 Å². The fraction of sp³-hybridized carbons (Fsp3) is 0.536. The second kappa shape index (κ2) is 13.5. The molecule has 0 spiro atoms. The van der Waals surface area contributed by atoms with E-state index in [0.29, 0.717) is 30.2 Å². The molecule has 0 saturated heterocycles. The predicted molar refractivity (Wildman–Crippen MR) is 144 cm³/mol. The second-order valence-electron chi connectivity index (χ2n) is 9.97. The number of tetrazole rings is 1. The zero-order chi connectivity index (χ0) is 27.8. The van der Waals surface area contributed by atoms with Crippen molar-refractivity contribution in [3.05, 3.63) is 53.5 Å². The molecule has 11 heteroatoms. The van der Waals surface area contributed by atoms with Crippen molar-refractivity contribution in [1.82, 2.24) is 35.3 Å². The summed E-state index contributed by atoms with van der Waals surface area (Å²) in [4.78, 5) is 32.6. The minimum absolute atomic E-state index is 0.0604. The highest BCUT2D eigenvalue weighted by molar-refractivity contribution is 5.89. The Bertz CT molecular complexity index is 1220. The second-order valence-corrected chi connectivity index (χ2v) is 9.97. The van der Waals surface area contributed by atoms with E-state index in [1.54, 1.807) is 29.2 Å². The number of carbonyl (C=O) groups is 2. The Morgan fingerprint density at radius 1 is 1.08 bits per heavy atom. The summed E-state index contributed by atoms with van der Waals surface area (Å²) in [6.45, 7) is 8.22. The molecule has 1 aliphatic rings. The van der Waals surface area contributed by atoms with Crippen molar-refractivity contribution in [3.8, 4) is 11.6 Å². The van der Waals surface area contributed by atoms with Crippen molar-refractivity contribution in [2.75, 3.05) is 26.2 Å². The van der Waals surface area contributed by atoms with Crippen LogP contribution in [0.5, 0.6) is 0 Å². The maximum Gasteiger partial charge on any atom is 0.247 e. The summed E-state index contributed by atoms with van der Waals surface area (Å²) in [5.41, 5.74) is 0.552. The molecule has 1 aliphatic carbocycles. The molecule has 2 amide bonds. The lowest BCUT2D eigenvalue weighted by Gasteiger charge is -2.34. The number of amides is 2. The van der Waals surface area contributed by atoms with Crippen molar-refractivity contribution >= 4 is 11.8 Å². The van der Waals surface area contributed by atoms with Gasteiger partial charge in [0.2, 0.25) is 17.6 Å².